The molecule has 1 aromatic heterocycles. The van der Waals surface area contributed by atoms with Crippen molar-refractivity contribution in [3.63, 3.8) is 0 Å². The van der Waals surface area contributed by atoms with Gasteiger partial charge in [-0.05, 0) is 17.9 Å². The molecule has 0 saturated heterocycles. The minimum Gasteiger partial charge on any atom is -0.339 e. The van der Waals surface area contributed by atoms with Crippen molar-refractivity contribution in [2.24, 2.45) is 5.84 Å². The molecular weight excluding hydrogens is 238 g/mol. The second kappa shape index (κ2) is 7.03. The molecule has 1 aromatic rings. The molecule has 1 heterocycles. The maximum absolute atomic E-state index is 11.8. The van der Waals surface area contributed by atoms with E-state index in [0.29, 0.717) is 11.3 Å². The van der Waals surface area contributed by atoms with Crippen molar-refractivity contribution in [3.8, 4) is 0 Å². The molecule has 17 heavy (non-hydrogen) atoms. The smallest absolute Gasteiger partial charge is 0.261 e. The fourth-order valence-corrected chi connectivity index (χ4v) is 2.04. The van der Waals surface area contributed by atoms with Crippen molar-refractivity contribution in [1.29, 1.82) is 0 Å². The average molecular weight is 255 g/mol. The van der Waals surface area contributed by atoms with Gasteiger partial charge in [-0.2, -0.15) is 0 Å². The van der Waals surface area contributed by atoms with E-state index in [0.717, 1.165) is 12.8 Å². The quantitative estimate of drug-likeness (QED) is 0.403. The number of carbonyl (C=O) groups is 2. The highest BCUT2D eigenvalue weighted by molar-refractivity contribution is 7.12. The molecule has 0 radical (unpaired) electrons. The Kier molecular flexibility index (Phi) is 5.65. The van der Waals surface area contributed by atoms with Gasteiger partial charge in [-0.25, -0.2) is 5.84 Å². The van der Waals surface area contributed by atoms with Crippen LogP contribution in [0.1, 0.15) is 35.9 Å². The van der Waals surface area contributed by atoms with Gasteiger partial charge in [0.25, 0.3) is 11.8 Å². The largest absolute Gasteiger partial charge is 0.339 e. The molecule has 2 amide bonds. The molecule has 1 unspecified atom stereocenters. The molecule has 0 bridgehead atoms. The van der Waals surface area contributed by atoms with Gasteiger partial charge in [-0.1, -0.05) is 25.8 Å². The van der Waals surface area contributed by atoms with Crippen molar-refractivity contribution in [2.75, 3.05) is 0 Å². The molecule has 0 aliphatic rings. The van der Waals surface area contributed by atoms with Crippen LogP contribution in [0.4, 0.5) is 0 Å². The van der Waals surface area contributed by atoms with Crippen LogP contribution in [0.2, 0.25) is 0 Å². The van der Waals surface area contributed by atoms with Gasteiger partial charge in [0.05, 0.1) is 4.88 Å². The van der Waals surface area contributed by atoms with E-state index in [1.54, 1.807) is 12.1 Å². The molecule has 0 fully saturated rings. The van der Waals surface area contributed by atoms with Crippen LogP contribution in [0.25, 0.3) is 0 Å². The summed E-state index contributed by atoms with van der Waals surface area (Å²) in [7, 11) is 0. The maximum atomic E-state index is 11.8. The highest BCUT2D eigenvalue weighted by Crippen LogP contribution is 2.09. The Morgan fingerprint density at radius 1 is 1.53 bits per heavy atom. The number of hydrogen-bond donors (Lipinski definition) is 3. The van der Waals surface area contributed by atoms with Gasteiger partial charge < -0.3 is 5.32 Å². The predicted octanol–water partition coefficient (Wildman–Crippen LogP) is 1.03. The van der Waals surface area contributed by atoms with E-state index in [2.05, 4.69) is 10.7 Å². The Hall–Kier alpha value is -1.40. The Labute approximate surface area is 104 Å². The van der Waals surface area contributed by atoms with Crippen molar-refractivity contribution < 1.29 is 9.59 Å². The molecule has 94 valence electrons. The maximum Gasteiger partial charge on any atom is 0.261 e. The first-order valence-corrected chi connectivity index (χ1v) is 6.41. The highest BCUT2D eigenvalue weighted by atomic mass is 32.1. The van der Waals surface area contributed by atoms with Gasteiger partial charge in [-0.3, -0.25) is 15.0 Å². The van der Waals surface area contributed by atoms with Gasteiger partial charge in [0, 0.05) is 0 Å². The Morgan fingerprint density at radius 2 is 2.29 bits per heavy atom. The first-order valence-electron chi connectivity index (χ1n) is 5.53. The van der Waals surface area contributed by atoms with Gasteiger partial charge in [0.1, 0.15) is 6.04 Å². The minimum absolute atomic E-state index is 0.232. The highest BCUT2D eigenvalue weighted by Gasteiger charge is 2.20. The van der Waals surface area contributed by atoms with E-state index < -0.39 is 6.04 Å². The summed E-state index contributed by atoms with van der Waals surface area (Å²) in [5.41, 5.74) is 2.07. The lowest BCUT2D eigenvalue weighted by Gasteiger charge is -2.16. The zero-order valence-corrected chi connectivity index (χ0v) is 10.5. The summed E-state index contributed by atoms with van der Waals surface area (Å²) in [6, 6.07) is 2.95. The molecule has 5 nitrogen and oxygen atoms in total. The number of rotatable bonds is 6. The lowest BCUT2D eigenvalue weighted by molar-refractivity contribution is -0.123. The van der Waals surface area contributed by atoms with Gasteiger partial charge in [0.15, 0.2) is 0 Å². The number of nitrogens with one attached hydrogen (secondary N) is 2. The summed E-state index contributed by atoms with van der Waals surface area (Å²) >= 11 is 1.34. The van der Waals surface area contributed by atoms with E-state index in [-0.39, 0.29) is 11.8 Å². The fraction of sp³-hybridized carbons (Fsp3) is 0.455. The predicted molar refractivity (Wildman–Crippen MR) is 67.4 cm³/mol. The van der Waals surface area contributed by atoms with E-state index in [9.17, 15) is 9.59 Å². The molecule has 4 N–H and O–H groups in total. The van der Waals surface area contributed by atoms with Crippen molar-refractivity contribution in [3.05, 3.63) is 22.4 Å². The number of thiophene rings is 1. The van der Waals surface area contributed by atoms with Crippen LogP contribution in [-0.4, -0.2) is 17.9 Å². The molecule has 0 saturated carbocycles. The molecule has 1 rings (SSSR count). The first-order chi connectivity index (χ1) is 8.19. The molecule has 6 heteroatoms. The third kappa shape index (κ3) is 4.16. The molecular formula is C11H17N3O2S. The second-order valence-electron chi connectivity index (χ2n) is 3.65. The summed E-state index contributed by atoms with van der Waals surface area (Å²) in [4.78, 5) is 23.8. The third-order valence-corrected chi connectivity index (χ3v) is 3.22. The summed E-state index contributed by atoms with van der Waals surface area (Å²) in [6.45, 7) is 2.03. The number of hydrogen-bond acceptors (Lipinski definition) is 4. The summed E-state index contributed by atoms with van der Waals surface area (Å²) in [6.07, 6.45) is 2.42. The monoisotopic (exact) mass is 255 g/mol. The van der Waals surface area contributed by atoms with Crippen molar-refractivity contribution in [2.45, 2.75) is 32.2 Å². The number of carbonyl (C=O) groups excluding carboxylic acids is 2. The third-order valence-electron chi connectivity index (χ3n) is 2.36. The van der Waals surface area contributed by atoms with E-state index in [1.165, 1.54) is 11.3 Å². The van der Waals surface area contributed by atoms with Gasteiger partial charge >= 0.3 is 0 Å². The summed E-state index contributed by atoms with van der Waals surface area (Å²) in [5, 5.41) is 4.50. The number of unbranched alkanes of at least 4 members (excludes halogenated alkanes) is 1. The van der Waals surface area contributed by atoms with Crippen molar-refractivity contribution in [1.82, 2.24) is 10.7 Å². The summed E-state index contributed by atoms with van der Waals surface area (Å²) in [5.74, 6) is 4.50. The van der Waals surface area contributed by atoms with Crippen LogP contribution >= 0.6 is 11.3 Å². The number of hydrazine groups is 1. The van der Waals surface area contributed by atoms with E-state index in [4.69, 9.17) is 5.84 Å². The summed E-state index contributed by atoms with van der Waals surface area (Å²) < 4.78 is 0. The van der Waals surface area contributed by atoms with Crippen molar-refractivity contribution >= 4 is 23.2 Å². The molecule has 0 aromatic carbocycles. The minimum atomic E-state index is -0.561. The number of nitrogens with two attached hydrogens (primary N) is 1. The molecule has 0 spiro atoms. The SMILES string of the molecule is CCCCC(NC(=O)c1cccs1)C(=O)NN. The fourth-order valence-electron chi connectivity index (χ4n) is 1.41. The molecule has 1 atom stereocenters. The van der Waals surface area contributed by atoms with E-state index >= 15 is 0 Å². The number of amides is 2. The van der Waals surface area contributed by atoms with Gasteiger partial charge in [0.2, 0.25) is 0 Å². The van der Waals surface area contributed by atoms with Crippen LogP contribution in [0.15, 0.2) is 17.5 Å². The topological polar surface area (TPSA) is 84.2 Å². The van der Waals surface area contributed by atoms with Gasteiger partial charge in [-0.15, -0.1) is 11.3 Å². The van der Waals surface area contributed by atoms with Crippen LogP contribution in [0, 0.1) is 0 Å². The van der Waals surface area contributed by atoms with Crippen LogP contribution < -0.4 is 16.6 Å². The average Bonchev–Trinajstić information content (AvgIpc) is 2.87. The zero-order valence-electron chi connectivity index (χ0n) is 9.73. The van der Waals surface area contributed by atoms with Crippen LogP contribution in [0.3, 0.4) is 0 Å². The standard InChI is InChI=1S/C11H17N3O2S/c1-2-3-5-8(10(15)14-12)13-11(16)9-6-4-7-17-9/h4,6-8H,2-3,5,12H2,1H3,(H,13,16)(H,14,15). The lowest BCUT2D eigenvalue weighted by Crippen LogP contribution is -2.48. The zero-order chi connectivity index (χ0) is 12.7. The Morgan fingerprint density at radius 3 is 2.82 bits per heavy atom. The molecule has 0 aliphatic heterocycles. The lowest BCUT2D eigenvalue weighted by atomic mass is 10.1. The van der Waals surface area contributed by atoms with E-state index in [1.807, 2.05) is 12.3 Å². The Bertz CT molecular complexity index is 365. The second-order valence-corrected chi connectivity index (χ2v) is 4.60. The first kappa shape index (κ1) is 13.7. The molecule has 0 aliphatic carbocycles. The Balaban J connectivity index is 2.59. The van der Waals surface area contributed by atoms with Crippen LogP contribution in [-0.2, 0) is 4.79 Å². The van der Waals surface area contributed by atoms with Crippen LogP contribution in [0.5, 0.6) is 0 Å². The normalized spacial score (nSPS) is 11.9.